The number of amides is 1. The summed E-state index contributed by atoms with van der Waals surface area (Å²) in [5.41, 5.74) is 5.39. The Bertz CT molecular complexity index is 1280. The van der Waals surface area contributed by atoms with Gasteiger partial charge in [-0.05, 0) is 62.7 Å². The number of nitrogens with zero attached hydrogens (tertiary/aromatic N) is 3. The van der Waals surface area contributed by atoms with Crippen LogP contribution in [0.5, 0.6) is 11.6 Å². The van der Waals surface area contributed by atoms with Crippen LogP contribution in [0.4, 0.5) is 0 Å². The SMILES string of the molecule is COCCN(Cc1c(C)nn(-c2ccccc2)c1Oc1cccc(C)c1)C(=O)c1ccc(C)cc1. The summed E-state index contributed by atoms with van der Waals surface area (Å²) in [5.74, 6) is 1.26. The maximum atomic E-state index is 13.5. The summed E-state index contributed by atoms with van der Waals surface area (Å²) >= 11 is 0. The average molecular weight is 470 g/mol. The predicted molar refractivity (Wildman–Crippen MR) is 137 cm³/mol. The number of hydrogen-bond acceptors (Lipinski definition) is 4. The minimum Gasteiger partial charge on any atom is -0.439 e. The second-order valence-corrected chi connectivity index (χ2v) is 8.62. The molecule has 6 heteroatoms. The lowest BCUT2D eigenvalue weighted by molar-refractivity contribution is 0.0679. The molecule has 0 fully saturated rings. The van der Waals surface area contributed by atoms with E-state index >= 15 is 0 Å². The summed E-state index contributed by atoms with van der Waals surface area (Å²) in [6.45, 7) is 7.20. The number of methoxy groups -OCH3 is 1. The third-order valence-corrected chi connectivity index (χ3v) is 5.84. The molecule has 3 aromatic carbocycles. The molecule has 0 N–H and O–H groups in total. The molecule has 0 bridgehead atoms. The third-order valence-electron chi connectivity index (χ3n) is 5.84. The molecule has 4 aromatic rings. The number of ether oxygens (including phenoxy) is 2. The van der Waals surface area contributed by atoms with Gasteiger partial charge < -0.3 is 14.4 Å². The van der Waals surface area contributed by atoms with Gasteiger partial charge >= 0.3 is 0 Å². The van der Waals surface area contributed by atoms with Gasteiger partial charge in [0.1, 0.15) is 5.75 Å². The smallest absolute Gasteiger partial charge is 0.254 e. The van der Waals surface area contributed by atoms with Crippen molar-refractivity contribution in [3.8, 4) is 17.3 Å². The molecular formula is C29H31N3O3. The molecule has 180 valence electrons. The normalized spacial score (nSPS) is 10.9. The Morgan fingerprint density at radius 1 is 0.914 bits per heavy atom. The van der Waals surface area contributed by atoms with E-state index < -0.39 is 0 Å². The zero-order valence-corrected chi connectivity index (χ0v) is 20.7. The molecule has 0 saturated heterocycles. The van der Waals surface area contributed by atoms with Crippen LogP contribution in [-0.2, 0) is 11.3 Å². The molecule has 1 heterocycles. The molecule has 4 rings (SSSR count). The van der Waals surface area contributed by atoms with Crippen molar-refractivity contribution >= 4 is 5.91 Å². The Morgan fingerprint density at radius 3 is 2.34 bits per heavy atom. The van der Waals surface area contributed by atoms with Gasteiger partial charge in [-0.2, -0.15) is 5.10 Å². The number of carbonyl (C=O) groups excluding carboxylic acids is 1. The molecule has 0 atom stereocenters. The maximum Gasteiger partial charge on any atom is 0.254 e. The van der Waals surface area contributed by atoms with E-state index in [4.69, 9.17) is 14.6 Å². The van der Waals surface area contributed by atoms with Gasteiger partial charge in [0, 0.05) is 19.2 Å². The lowest BCUT2D eigenvalue weighted by Gasteiger charge is -2.23. The highest BCUT2D eigenvalue weighted by Crippen LogP contribution is 2.32. The van der Waals surface area contributed by atoms with Crippen molar-refractivity contribution in [2.45, 2.75) is 27.3 Å². The molecule has 0 radical (unpaired) electrons. The van der Waals surface area contributed by atoms with Gasteiger partial charge in [-0.25, -0.2) is 4.68 Å². The third kappa shape index (κ3) is 5.78. The van der Waals surface area contributed by atoms with Crippen LogP contribution in [0.1, 0.15) is 32.7 Å². The summed E-state index contributed by atoms with van der Waals surface area (Å²) in [7, 11) is 1.64. The molecule has 0 aliphatic heterocycles. The lowest BCUT2D eigenvalue weighted by atomic mass is 10.1. The molecular weight excluding hydrogens is 438 g/mol. The fraction of sp³-hybridized carbons (Fsp3) is 0.241. The Morgan fingerprint density at radius 2 is 1.66 bits per heavy atom. The Hall–Kier alpha value is -3.90. The maximum absolute atomic E-state index is 13.5. The minimum atomic E-state index is -0.0598. The van der Waals surface area contributed by atoms with E-state index in [1.54, 1.807) is 16.7 Å². The largest absolute Gasteiger partial charge is 0.439 e. The van der Waals surface area contributed by atoms with Crippen molar-refractivity contribution in [2.75, 3.05) is 20.3 Å². The number of hydrogen-bond donors (Lipinski definition) is 0. The Labute approximate surface area is 206 Å². The van der Waals surface area contributed by atoms with Crippen molar-refractivity contribution < 1.29 is 14.3 Å². The first-order chi connectivity index (χ1) is 17.0. The van der Waals surface area contributed by atoms with Gasteiger partial charge in [-0.3, -0.25) is 4.79 Å². The molecule has 0 unspecified atom stereocenters. The first-order valence-electron chi connectivity index (χ1n) is 11.7. The molecule has 1 aromatic heterocycles. The van der Waals surface area contributed by atoms with Crippen LogP contribution in [-0.4, -0.2) is 40.8 Å². The zero-order valence-electron chi connectivity index (χ0n) is 20.7. The number of aromatic nitrogens is 2. The molecule has 0 aliphatic rings. The van der Waals surface area contributed by atoms with E-state index in [-0.39, 0.29) is 5.91 Å². The predicted octanol–water partition coefficient (Wildman–Crippen LogP) is 5.88. The van der Waals surface area contributed by atoms with Crippen molar-refractivity contribution in [2.24, 2.45) is 0 Å². The van der Waals surface area contributed by atoms with E-state index in [0.717, 1.165) is 33.8 Å². The van der Waals surface area contributed by atoms with E-state index in [9.17, 15) is 4.79 Å². The van der Waals surface area contributed by atoms with E-state index in [2.05, 4.69) is 0 Å². The number of rotatable bonds is 9. The number of carbonyl (C=O) groups is 1. The Kier molecular flexibility index (Phi) is 7.63. The molecule has 6 nitrogen and oxygen atoms in total. The van der Waals surface area contributed by atoms with Crippen LogP contribution in [0.2, 0.25) is 0 Å². The van der Waals surface area contributed by atoms with Gasteiger partial charge in [0.25, 0.3) is 5.91 Å². The summed E-state index contributed by atoms with van der Waals surface area (Å²) in [5, 5.41) is 4.80. The first-order valence-corrected chi connectivity index (χ1v) is 11.7. The quantitative estimate of drug-likeness (QED) is 0.307. The Balaban J connectivity index is 1.75. The zero-order chi connectivity index (χ0) is 24.8. The molecule has 0 aliphatic carbocycles. The number of aryl methyl sites for hydroxylation is 3. The van der Waals surface area contributed by atoms with Gasteiger partial charge in [0.05, 0.1) is 30.1 Å². The average Bonchev–Trinajstić information content (AvgIpc) is 3.17. The summed E-state index contributed by atoms with van der Waals surface area (Å²) in [6, 6.07) is 25.4. The molecule has 35 heavy (non-hydrogen) atoms. The van der Waals surface area contributed by atoms with Gasteiger partial charge in [-0.15, -0.1) is 0 Å². The van der Waals surface area contributed by atoms with Crippen molar-refractivity contribution in [3.05, 3.63) is 107 Å². The van der Waals surface area contributed by atoms with Crippen molar-refractivity contribution in [1.82, 2.24) is 14.7 Å². The highest BCUT2D eigenvalue weighted by atomic mass is 16.5. The van der Waals surface area contributed by atoms with E-state index in [1.807, 2.05) is 99.6 Å². The van der Waals surface area contributed by atoms with Crippen molar-refractivity contribution in [1.29, 1.82) is 0 Å². The van der Waals surface area contributed by atoms with Crippen LogP contribution in [0, 0.1) is 20.8 Å². The molecule has 1 amide bonds. The monoisotopic (exact) mass is 469 g/mol. The summed E-state index contributed by atoms with van der Waals surface area (Å²) in [6.07, 6.45) is 0. The van der Waals surface area contributed by atoms with E-state index in [1.165, 1.54) is 0 Å². The summed E-state index contributed by atoms with van der Waals surface area (Å²) < 4.78 is 13.6. The van der Waals surface area contributed by atoms with Crippen LogP contribution in [0.25, 0.3) is 5.69 Å². The summed E-state index contributed by atoms with van der Waals surface area (Å²) in [4.78, 5) is 15.3. The van der Waals surface area contributed by atoms with Gasteiger partial charge in [0.15, 0.2) is 0 Å². The molecule has 0 saturated carbocycles. The number of para-hydroxylation sites is 1. The van der Waals surface area contributed by atoms with Crippen LogP contribution >= 0.6 is 0 Å². The van der Waals surface area contributed by atoms with Gasteiger partial charge in [-0.1, -0.05) is 48.0 Å². The highest BCUT2D eigenvalue weighted by molar-refractivity contribution is 5.94. The highest BCUT2D eigenvalue weighted by Gasteiger charge is 2.24. The minimum absolute atomic E-state index is 0.0598. The van der Waals surface area contributed by atoms with Gasteiger partial charge in [0.2, 0.25) is 5.88 Å². The fourth-order valence-corrected chi connectivity index (χ4v) is 3.88. The molecule has 0 spiro atoms. The van der Waals surface area contributed by atoms with E-state index in [0.29, 0.717) is 31.1 Å². The number of benzene rings is 3. The lowest BCUT2D eigenvalue weighted by Crippen LogP contribution is -2.33. The van der Waals surface area contributed by atoms with Crippen LogP contribution in [0.15, 0.2) is 78.9 Å². The van der Waals surface area contributed by atoms with Crippen molar-refractivity contribution in [3.63, 3.8) is 0 Å². The topological polar surface area (TPSA) is 56.6 Å². The standard InChI is InChI=1S/C29H31N3O3/c1-21-13-15-24(16-14-21)28(33)31(17-18-34-4)20-27-23(3)30-32(25-10-6-5-7-11-25)29(27)35-26-12-8-9-22(2)19-26/h5-16,19H,17-18,20H2,1-4H3. The first kappa shape index (κ1) is 24.2. The second-order valence-electron chi connectivity index (χ2n) is 8.62. The second kappa shape index (κ2) is 11.0. The van der Waals surface area contributed by atoms with Crippen LogP contribution < -0.4 is 4.74 Å². The fourth-order valence-electron chi connectivity index (χ4n) is 3.88. The van der Waals surface area contributed by atoms with Crippen LogP contribution in [0.3, 0.4) is 0 Å².